The van der Waals surface area contributed by atoms with Gasteiger partial charge in [-0.05, 0) is 61.9 Å². The van der Waals surface area contributed by atoms with Crippen LogP contribution in [0.3, 0.4) is 0 Å². The highest BCUT2D eigenvalue weighted by atomic mass is 32.2. The predicted molar refractivity (Wildman–Crippen MR) is 127 cm³/mol. The maximum absolute atomic E-state index is 12.2. The molecule has 166 valence electrons. The van der Waals surface area contributed by atoms with Crippen molar-refractivity contribution in [1.82, 2.24) is 4.57 Å². The van der Waals surface area contributed by atoms with Crippen LogP contribution in [0.2, 0.25) is 0 Å². The number of methoxy groups -OCH3 is 1. The first kappa shape index (κ1) is 21.0. The van der Waals surface area contributed by atoms with Crippen LogP contribution < -0.4 is 9.46 Å². The molecule has 0 bridgehead atoms. The Hall–Kier alpha value is -2.82. The SMILES string of the molecule is COCCOc1ccc2c(C#N)c(-c3ccc(NS(=O)C4CC4)cc3)n(C3CCC3)c2c1. The summed E-state index contributed by atoms with van der Waals surface area (Å²) in [5, 5.41) is 11.3. The number of rotatable bonds is 9. The number of nitrogens with zero attached hydrogens (tertiary/aromatic N) is 2. The smallest absolute Gasteiger partial charge is 0.121 e. The summed E-state index contributed by atoms with van der Waals surface area (Å²) in [5.74, 6) is 0.783. The largest absolute Gasteiger partial charge is 0.491 e. The average molecular weight is 450 g/mol. The van der Waals surface area contributed by atoms with Gasteiger partial charge in [0.05, 0.1) is 28.6 Å². The molecule has 1 aromatic heterocycles. The minimum Gasteiger partial charge on any atom is -0.491 e. The Kier molecular flexibility index (Phi) is 5.90. The summed E-state index contributed by atoms with van der Waals surface area (Å²) in [6.45, 7) is 1.02. The highest BCUT2D eigenvalue weighted by molar-refractivity contribution is 7.87. The van der Waals surface area contributed by atoms with Crippen LogP contribution >= 0.6 is 0 Å². The third kappa shape index (κ3) is 4.01. The molecule has 2 aliphatic carbocycles. The van der Waals surface area contributed by atoms with E-state index in [2.05, 4.69) is 15.4 Å². The van der Waals surface area contributed by atoms with Crippen molar-refractivity contribution in [3.05, 3.63) is 48.0 Å². The molecule has 0 radical (unpaired) electrons. The molecule has 3 aromatic rings. The summed E-state index contributed by atoms with van der Waals surface area (Å²) in [5.41, 5.74) is 4.52. The highest BCUT2D eigenvalue weighted by Crippen LogP contribution is 2.43. The van der Waals surface area contributed by atoms with Crippen LogP contribution in [-0.2, 0) is 15.7 Å². The normalized spacial score (nSPS) is 17.0. The number of ether oxygens (including phenoxy) is 2. The molecule has 0 spiro atoms. The Bertz CT molecular complexity index is 1190. The van der Waals surface area contributed by atoms with E-state index in [0.29, 0.717) is 24.8 Å². The molecule has 6 nitrogen and oxygen atoms in total. The minimum absolute atomic E-state index is 0.279. The maximum Gasteiger partial charge on any atom is 0.121 e. The van der Waals surface area contributed by atoms with Crippen molar-refractivity contribution in [3.63, 3.8) is 0 Å². The highest BCUT2D eigenvalue weighted by Gasteiger charge is 2.29. The third-order valence-corrected chi connectivity index (χ3v) is 7.80. The second-order valence-corrected chi connectivity index (χ2v) is 9.95. The van der Waals surface area contributed by atoms with Gasteiger partial charge in [-0.25, -0.2) is 4.21 Å². The first-order valence-corrected chi connectivity index (χ1v) is 12.4. The Labute approximate surface area is 190 Å². The lowest BCUT2D eigenvalue weighted by molar-refractivity contribution is 0.146. The number of nitrogens with one attached hydrogen (secondary N) is 1. The van der Waals surface area contributed by atoms with Gasteiger partial charge in [0.25, 0.3) is 0 Å². The molecular weight excluding hydrogens is 422 g/mol. The van der Waals surface area contributed by atoms with E-state index in [0.717, 1.165) is 59.3 Å². The van der Waals surface area contributed by atoms with Gasteiger partial charge in [-0.15, -0.1) is 0 Å². The van der Waals surface area contributed by atoms with Crippen molar-refractivity contribution >= 4 is 27.6 Å². The van der Waals surface area contributed by atoms with E-state index in [4.69, 9.17) is 9.47 Å². The zero-order valence-electron chi connectivity index (χ0n) is 18.2. The summed E-state index contributed by atoms with van der Waals surface area (Å²) in [4.78, 5) is 0. The van der Waals surface area contributed by atoms with Crippen molar-refractivity contribution in [3.8, 4) is 23.1 Å². The van der Waals surface area contributed by atoms with E-state index in [1.807, 2.05) is 42.5 Å². The van der Waals surface area contributed by atoms with E-state index in [1.54, 1.807) is 7.11 Å². The number of nitriles is 1. The molecule has 0 saturated heterocycles. The van der Waals surface area contributed by atoms with Crippen LogP contribution in [0, 0.1) is 11.3 Å². The lowest BCUT2D eigenvalue weighted by atomic mass is 9.92. The fourth-order valence-corrected chi connectivity index (χ4v) is 5.32. The quantitative estimate of drug-likeness (QED) is 0.457. The summed E-state index contributed by atoms with van der Waals surface area (Å²) in [7, 11) is 0.635. The van der Waals surface area contributed by atoms with Crippen molar-refractivity contribution in [1.29, 1.82) is 5.26 Å². The summed E-state index contributed by atoms with van der Waals surface area (Å²) in [6, 6.07) is 16.7. The standard InChI is InChI=1S/C25H27N3O3S/c1-30-13-14-31-20-9-12-22-23(16-26)25(28(24(22)15-20)19-3-2-4-19)17-5-7-18(8-6-17)27-32(29)21-10-11-21/h5-9,12,15,19,21,27H,2-4,10-11,13-14H2,1H3. The van der Waals surface area contributed by atoms with Crippen LogP contribution in [0.25, 0.3) is 22.2 Å². The van der Waals surface area contributed by atoms with Gasteiger partial charge in [0, 0.05) is 30.3 Å². The summed E-state index contributed by atoms with van der Waals surface area (Å²) >= 11 is 0. The van der Waals surface area contributed by atoms with E-state index in [-0.39, 0.29) is 5.25 Å². The van der Waals surface area contributed by atoms with Crippen molar-refractivity contribution in [2.24, 2.45) is 0 Å². The first-order valence-electron chi connectivity index (χ1n) is 11.2. The van der Waals surface area contributed by atoms with E-state index >= 15 is 0 Å². The van der Waals surface area contributed by atoms with E-state index in [9.17, 15) is 9.47 Å². The van der Waals surface area contributed by atoms with Gasteiger partial charge in [-0.3, -0.25) is 0 Å². The number of fused-ring (bicyclic) bond motifs is 1. The fraction of sp³-hybridized carbons (Fsp3) is 0.400. The van der Waals surface area contributed by atoms with Gasteiger partial charge >= 0.3 is 0 Å². The molecule has 7 heteroatoms. The topological polar surface area (TPSA) is 76.3 Å². The summed E-state index contributed by atoms with van der Waals surface area (Å²) < 4.78 is 28.6. The average Bonchev–Trinajstić information content (AvgIpc) is 3.57. The first-order chi connectivity index (χ1) is 15.7. The lowest BCUT2D eigenvalue weighted by Gasteiger charge is -2.30. The molecule has 5 rings (SSSR count). The second-order valence-electron chi connectivity index (χ2n) is 8.49. The van der Waals surface area contributed by atoms with Gasteiger partial charge in [0.15, 0.2) is 0 Å². The number of hydrogen-bond acceptors (Lipinski definition) is 4. The van der Waals surface area contributed by atoms with Gasteiger partial charge in [-0.2, -0.15) is 5.26 Å². The third-order valence-electron chi connectivity index (χ3n) is 6.29. The maximum atomic E-state index is 12.2. The molecule has 32 heavy (non-hydrogen) atoms. The van der Waals surface area contributed by atoms with Gasteiger partial charge in [0.1, 0.15) is 29.4 Å². The van der Waals surface area contributed by atoms with Crippen molar-refractivity contribution < 1.29 is 13.7 Å². The molecule has 1 N–H and O–H groups in total. The Morgan fingerprint density at radius 2 is 1.91 bits per heavy atom. The van der Waals surface area contributed by atoms with Crippen LogP contribution in [-0.4, -0.2) is 34.3 Å². The molecular formula is C25H27N3O3S. The van der Waals surface area contributed by atoms with E-state index < -0.39 is 11.0 Å². The molecule has 0 aliphatic heterocycles. The molecule has 2 fully saturated rings. The lowest BCUT2D eigenvalue weighted by Crippen LogP contribution is -2.18. The summed E-state index contributed by atoms with van der Waals surface area (Å²) in [6.07, 6.45) is 5.47. The van der Waals surface area contributed by atoms with Gasteiger partial charge in [0.2, 0.25) is 0 Å². The van der Waals surface area contributed by atoms with Crippen LogP contribution in [0.5, 0.6) is 5.75 Å². The number of aromatic nitrogens is 1. The van der Waals surface area contributed by atoms with Crippen LogP contribution in [0.1, 0.15) is 43.7 Å². The minimum atomic E-state index is -1.02. The van der Waals surface area contributed by atoms with Crippen LogP contribution in [0.4, 0.5) is 5.69 Å². The molecule has 1 atom stereocenters. The van der Waals surface area contributed by atoms with Gasteiger partial charge in [-0.1, -0.05) is 12.1 Å². The number of anilines is 1. The monoisotopic (exact) mass is 449 g/mol. The number of hydrogen-bond donors (Lipinski definition) is 1. The molecule has 1 unspecified atom stereocenters. The Balaban J connectivity index is 1.55. The molecule has 2 aliphatic rings. The van der Waals surface area contributed by atoms with Crippen molar-refractivity contribution in [2.45, 2.75) is 43.4 Å². The van der Waals surface area contributed by atoms with Gasteiger partial charge < -0.3 is 18.8 Å². The van der Waals surface area contributed by atoms with Crippen molar-refractivity contribution in [2.75, 3.05) is 25.0 Å². The zero-order chi connectivity index (χ0) is 22.1. The number of benzene rings is 2. The predicted octanol–water partition coefficient (Wildman–Crippen LogP) is 5.17. The Morgan fingerprint density at radius 3 is 2.53 bits per heavy atom. The Morgan fingerprint density at radius 1 is 1.12 bits per heavy atom. The van der Waals surface area contributed by atoms with E-state index in [1.165, 1.54) is 6.42 Å². The molecule has 2 saturated carbocycles. The second kappa shape index (κ2) is 8.97. The molecule has 0 amide bonds. The zero-order valence-corrected chi connectivity index (χ0v) is 19.0. The van der Waals surface area contributed by atoms with Crippen LogP contribution in [0.15, 0.2) is 42.5 Å². The molecule has 2 aromatic carbocycles. The molecule has 1 heterocycles. The fourth-order valence-electron chi connectivity index (χ4n) is 4.22.